The van der Waals surface area contributed by atoms with Gasteiger partial charge in [0.2, 0.25) is 0 Å². The Balaban J connectivity index is 2.64. The van der Waals surface area contributed by atoms with Crippen molar-refractivity contribution in [1.82, 2.24) is 5.32 Å². The summed E-state index contributed by atoms with van der Waals surface area (Å²) in [5.41, 5.74) is -0.875. The van der Waals surface area contributed by atoms with Crippen LogP contribution < -0.4 is 5.32 Å². The van der Waals surface area contributed by atoms with Gasteiger partial charge in [-0.05, 0) is 31.0 Å². The molecule has 0 aromatic heterocycles. The van der Waals surface area contributed by atoms with E-state index in [1.54, 1.807) is 6.92 Å². The first-order chi connectivity index (χ1) is 10.2. The summed E-state index contributed by atoms with van der Waals surface area (Å²) < 4.78 is 4.89. The van der Waals surface area contributed by atoms with Crippen LogP contribution in [-0.4, -0.2) is 24.0 Å². The van der Waals surface area contributed by atoms with Gasteiger partial charge < -0.3 is 10.1 Å². The Morgan fingerprint density at radius 2 is 1.86 bits per heavy atom. The molecule has 1 atom stereocenters. The lowest BCUT2D eigenvalue weighted by Crippen LogP contribution is -2.50. The van der Waals surface area contributed by atoms with Crippen LogP contribution in [0.15, 0.2) is 18.2 Å². The van der Waals surface area contributed by atoms with E-state index >= 15 is 0 Å². The topological polar surface area (TPSA) is 79.2 Å². The highest BCUT2D eigenvalue weighted by molar-refractivity contribution is 6.35. The van der Waals surface area contributed by atoms with Gasteiger partial charge >= 0.3 is 5.97 Å². The quantitative estimate of drug-likeness (QED) is 0.833. The molecule has 0 saturated carbocycles. The number of esters is 1. The first-order valence-electron chi connectivity index (χ1n) is 6.53. The lowest BCUT2D eigenvalue weighted by Gasteiger charge is -2.27. The molecule has 22 heavy (non-hydrogen) atoms. The molecule has 0 radical (unpaired) electrons. The number of nitriles is 1. The summed E-state index contributed by atoms with van der Waals surface area (Å²) in [6.07, 6.45) is 0. The van der Waals surface area contributed by atoms with Crippen LogP contribution in [0.25, 0.3) is 0 Å². The summed E-state index contributed by atoms with van der Waals surface area (Å²) in [5.74, 6) is -1.37. The number of amides is 1. The molecule has 1 amide bonds. The fourth-order valence-electron chi connectivity index (χ4n) is 1.51. The van der Waals surface area contributed by atoms with Crippen LogP contribution in [0.2, 0.25) is 10.0 Å². The third kappa shape index (κ3) is 4.90. The van der Waals surface area contributed by atoms with Crippen LogP contribution in [0.3, 0.4) is 0 Å². The Morgan fingerprint density at radius 1 is 1.32 bits per heavy atom. The Bertz CT molecular complexity index is 605. The molecule has 0 aliphatic rings. The predicted octanol–water partition coefficient (Wildman–Crippen LogP) is 3.20. The van der Waals surface area contributed by atoms with Gasteiger partial charge in [-0.1, -0.05) is 37.0 Å². The molecule has 0 spiro atoms. The van der Waals surface area contributed by atoms with E-state index < -0.39 is 24.0 Å². The third-order valence-corrected chi connectivity index (χ3v) is 3.66. The Hall–Kier alpha value is -1.77. The monoisotopic (exact) mass is 342 g/mol. The van der Waals surface area contributed by atoms with Crippen LogP contribution in [0.1, 0.15) is 31.1 Å². The SMILES string of the molecule is CC(C)[C@](C)(C#N)NC(=O)COC(=O)c1cc(Cl)cc(Cl)c1. The van der Waals surface area contributed by atoms with Crippen molar-refractivity contribution in [3.05, 3.63) is 33.8 Å². The van der Waals surface area contributed by atoms with Crippen molar-refractivity contribution in [3.63, 3.8) is 0 Å². The van der Waals surface area contributed by atoms with E-state index in [0.717, 1.165) is 0 Å². The zero-order chi connectivity index (χ0) is 16.9. The molecule has 1 aromatic rings. The molecule has 7 heteroatoms. The number of halogens is 2. The van der Waals surface area contributed by atoms with Gasteiger partial charge in [-0.15, -0.1) is 0 Å². The minimum Gasteiger partial charge on any atom is -0.452 e. The number of nitrogens with one attached hydrogen (secondary N) is 1. The van der Waals surface area contributed by atoms with Crippen molar-refractivity contribution < 1.29 is 14.3 Å². The summed E-state index contributed by atoms with van der Waals surface area (Å²) >= 11 is 11.6. The van der Waals surface area contributed by atoms with E-state index in [0.29, 0.717) is 10.0 Å². The second kappa shape index (κ2) is 7.48. The normalized spacial score (nSPS) is 13.1. The maximum atomic E-state index is 11.8. The van der Waals surface area contributed by atoms with Crippen LogP contribution >= 0.6 is 23.2 Å². The highest BCUT2D eigenvalue weighted by Crippen LogP contribution is 2.19. The third-order valence-electron chi connectivity index (χ3n) is 3.22. The molecule has 1 rings (SSSR count). The molecule has 1 aromatic carbocycles. The number of carbonyl (C=O) groups excluding carboxylic acids is 2. The fourth-order valence-corrected chi connectivity index (χ4v) is 2.04. The second-order valence-corrected chi connectivity index (χ2v) is 6.12. The maximum Gasteiger partial charge on any atom is 0.338 e. The molecule has 0 aliphatic heterocycles. The zero-order valence-electron chi connectivity index (χ0n) is 12.4. The van der Waals surface area contributed by atoms with E-state index in [4.69, 9.17) is 33.2 Å². The van der Waals surface area contributed by atoms with Gasteiger partial charge in [-0.3, -0.25) is 4.79 Å². The fraction of sp³-hybridized carbons (Fsp3) is 0.400. The van der Waals surface area contributed by atoms with E-state index in [-0.39, 0.29) is 11.5 Å². The van der Waals surface area contributed by atoms with E-state index in [2.05, 4.69) is 5.32 Å². The highest BCUT2D eigenvalue weighted by Gasteiger charge is 2.30. The summed E-state index contributed by atoms with van der Waals surface area (Å²) in [6.45, 7) is 4.73. The molecule has 1 N–H and O–H groups in total. The van der Waals surface area contributed by atoms with E-state index in [1.807, 2.05) is 19.9 Å². The minimum absolute atomic E-state index is 0.0936. The van der Waals surface area contributed by atoms with Crippen LogP contribution in [-0.2, 0) is 9.53 Å². The van der Waals surface area contributed by atoms with Crippen LogP contribution in [0, 0.1) is 17.2 Å². The van der Waals surface area contributed by atoms with Crippen LogP contribution in [0.4, 0.5) is 0 Å². The minimum atomic E-state index is -1.02. The highest BCUT2D eigenvalue weighted by atomic mass is 35.5. The van der Waals surface area contributed by atoms with Gasteiger partial charge in [0.25, 0.3) is 5.91 Å². The maximum absolute atomic E-state index is 11.8. The molecule has 0 unspecified atom stereocenters. The molecule has 0 aliphatic carbocycles. The van der Waals surface area contributed by atoms with E-state index in [9.17, 15) is 9.59 Å². The average Bonchev–Trinajstić information content (AvgIpc) is 2.43. The Kier molecular flexibility index (Phi) is 6.21. The second-order valence-electron chi connectivity index (χ2n) is 5.25. The first-order valence-corrected chi connectivity index (χ1v) is 7.29. The van der Waals surface area contributed by atoms with E-state index in [1.165, 1.54) is 18.2 Å². The number of ether oxygens (including phenoxy) is 1. The zero-order valence-corrected chi connectivity index (χ0v) is 14.0. The number of rotatable bonds is 5. The van der Waals surface area contributed by atoms with Crippen molar-refractivity contribution in [1.29, 1.82) is 5.26 Å². The summed E-state index contributed by atoms with van der Waals surface area (Å²) in [4.78, 5) is 23.6. The number of carbonyl (C=O) groups is 2. The molecular formula is C15H16Cl2N2O3. The van der Waals surface area contributed by atoms with Crippen molar-refractivity contribution in [2.75, 3.05) is 6.61 Å². The van der Waals surface area contributed by atoms with Gasteiger partial charge in [0.05, 0.1) is 11.6 Å². The average molecular weight is 343 g/mol. The number of hydrogen-bond acceptors (Lipinski definition) is 4. The van der Waals surface area contributed by atoms with Crippen molar-refractivity contribution in [2.24, 2.45) is 5.92 Å². The number of benzene rings is 1. The van der Waals surface area contributed by atoms with Gasteiger partial charge in [-0.2, -0.15) is 5.26 Å². The molecule has 118 valence electrons. The lowest BCUT2D eigenvalue weighted by molar-refractivity contribution is -0.125. The number of hydrogen-bond donors (Lipinski definition) is 1. The molecule has 5 nitrogen and oxygen atoms in total. The molecule has 0 heterocycles. The lowest BCUT2D eigenvalue weighted by atomic mass is 9.90. The number of nitrogens with zero attached hydrogens (tertiary/aromatic N) is 1. The van der Waals surface area contributed by atoms with Gasteiger partial charge in [0.15, 0.2) is 6.61 Å². The smallest absolute Gasteiger partial charge is 0.338 e. The molecule has 0 fully saturated rings. The largest absolute Gasteiger partial charge is 0.452 e. The van der Waals surface area contributed by atoms with Crippen molar-refractivity contribution >= 4 is 35.1 Å². The summed E-state index contributed by atoms with van der Waals surface area (Å²) in [7, 11) is 0. The summed E-state index contributed by atoms with van der Waals surface area (Å²) in [6, 6.07) is 6.30. The Morgan fingerprint density at radius 3 is 2.32 bits per heavy atom. The molecule has 0 bridgehead atoms. The predicted molar refractivity (Wildman–Crippen MR) is 83.7 cm³/mol. The molecular weight excluding hydrogens is 327 g/mol. The molecule has 0 saturated heterocycles. The first kappa shape index (κ1) is 18.3. The van der Waals surface area contributed by atoms with Gasteiger partial charge in [0, 0.05) is 10.0 Å². The van der Waals surface area contributed by atoms with Crippen LogP contribution in [0.5, 0.6) is 0 Å². The van der Waals surface area contributed by atoms with Gasteiger partial charge in [0.1, 0.15) is 5.54 Å². The Labute approximate surface area is 139 Å². The summed E-state index contributed by atoms with van der Waals surface area (Å²) in [5, 5.41) is 12.2. The standard InChI is InChI=1S/C15H16Cl2N2O3/c1-9(2)15(3,8-18)19-13(20)7-22-14(21)10-4-11(16)6-12(17)5-10/h4-6,9H,7H2,1-3H3,(H,19,20)/t15-/m0/s1. The van der Waals surface area contributed by atoms with Crippen molar-refractivity contribution in [2.45, 2.75) is 26.3 Å². The van der Waals surface area contributed by atoms with Gasteiger partial charge in [-0.25, -0.2) is 4.79 Å². The van der Waals surface area contributed by atoms with Crippen molar-refractivity contribution in [3.8, 4) is 6.07 Å².